The number of hydrogen-bond acceptors (Lipinski definition) is 2. The Balaban J connectivity index is 0.00000169. The van der Waals surface area contributed by atoms with Gasteiger partial charge in [-0.1, -0.05) is 13.0 Å². The van der Waals surface area contributed by atoms with Crippen molar-refractivity contribution in [2.75, 3.05) is 0 Å². The summed E-state index contributed by atoms with van der Waals surface area (Å²) in [6.07, 6.45) is 3.17. The second kappa shape index (κ2) is 5.74. The van der Waals surface area contributed by atoms with E-state index in [4.69, 9.17) is 0 Å². The van der Waals surface area contributed by atoms with Crippen molar-refractivity contribution < 1.29 is 28.0 Å². The van der Waals surface area contributed by atoms with E-state index >= 15 is 0 Å². The predicted octanol–water partition coefficient (Wildman–Crippen LogP) is -0.682. The maximum Gasteiger partial charge on any atom is 1.00 e. The van der Waals surface area contributed by atoms with E-state index in [0.29, 0.717) is 5.56 Å². The molecule has 68 valence electrons. The molecule has 0 aliphatic carbocycles. The van der Waals surface area contributed by atoms with Gasteiger partial charge in [0.25, 0.3) is 0 Å². The van der Waals surface area contributed by atoms with Crippen molar-refractivity contribution in [3.8, 4) is 0 Å². The van der Waals surface area contributed by atoms with Gasteiger partial charge in [-0.25, -0.2) is 4.39 Å². The van der Waals surface area contributed by atoms with E-state index in [9.17, 15) is 9.18 Å². The predicted molar refractivity (Wildman–Crippen MR) is 49.8 cm³/mol. The SMILES string of the molecule is CC=Nc1cc(C)c([C-]=O)cc1F.[Li+]. The quantitative estimate of drug-likeness (QED) is 0.341. The number of halogens is 1. The van der Waals surface area contributed by atoms with Crippen LogP contribution in [0.5, 0.6) is 0 Å². The third-order valence-electron chi connectivity index (χ3n) is 1.67. The molecule has 1 aromatic carbocycles. The molecule has 4 heteroatoms. The molecule has 0 aliphatic heterocycles. The zero-order valence-electron chi connectivity index (χ0n) is 8.47. The first-order valence-corrected chi connectivity index (χ1v) is 3.86. The van der Waals surface area contributed by atoms with E-state index in [1.807, 2.05) is 0 Å². The maximum atomic E-state index is 13.1. The van der Waals surface area contributed by atoms with Crippen LogP contribution in [0.15, 0.2) is 17.1 Å². The molecule has 0 saturated carbocycles. The number of hydrogen-bond donors (Lipinski definition) is 0. The minimum Gasteiger partial charge on any atom is -0.376 e. The van der Waals surface area contributed by atoms with Gasteiger partial charge in [-0.2, -0.15) is 0 Å². The summed E-state index contributed by atoms with van der Waals surface area (Å²) in [7, 11) is 0. The van der Waals surface area contributed by atoms with Crippen LogP contribution >= 0.6 is 0 Å². The third-order valence-corrected chi connectivity index (χ3v) is 1.67. The van der Waals surface area contributed by atoms with Crippen LogP contribution in [0.1, 0.15) is 18.1 Å². The fraction of sp³-hybridized carbons (Fsp3) is 0.200. The fourth-order valence-electron chi connectivity index (χ4n) is 1.01. The summed E-state index contributed by atoms with van der Waals surface area (Å²) < 4.78 is 13.1. The summed E-state index contributed by atoms with van der Waals surface area (Å²) in [5.41, 5.74) is 1.17. The minimum absolute atomic E-state index is 0. The summed E-state index contributed by atoms with van der Waals surface area (Å²) >= 11 is 0. The first kappa shape index (κ1) is 13.1. The van der Waals surface area contributed by atoms with Crippen LogP contribution in [-0.2, 0) is 4.79 Å². The molecule has 0 N–H and O–H groups in total. The number of carbonyl (C=O) groups excluding carboxylic acids is 1. The minimum atomic E-state index is -0.498. The van der Waals surface area contributed by atoms with Crippen molar-refractivity contribution >= 4 is 18.2 Å². The zero-order chi connectivity index (χ0) is 9.84. The number of nitrogens with zero attached hydrogens (tertiary/aromatic N) is 1. The van der Waals surface area contributed by atoms with Crippen molar-refractivity contribution in [1.82, 2.24) is 0 Å². The molecule has 0 atom stereocenters. The Morgan fingerprint density at radius 1 is 1.50 bits per heavy atom. The van der Waals surface area contributed by atoms with Gasteiger partial charge in [0.15, 0.2) is 0 Å². The molecule has 0 saturated heterocycles. The van der Waals surface area contributed by atoms with Crippen LogP contribution in [0.25, 0.3) is 0 Å². The maximum absolute atomic E-state index is 13.1. The zero-order valence-corrected chi connectivity index (χ0v) is 8.47. The Morgan fingerprint density at radius 3 is 2.64 bits per heavy atom. The summed E-state index contributed by atoms with van der Waals surface area (Å²) in [6.45, 7) is 3.42. The fourth-order valence-corrected chi connectivity index (χ4v) is 1.01. The standard InChI is InChI=1S/C10H9FNO.Li/c1-3-12-10-4-7(2)8(6-13)5-9(10)11;/h3-5H,1-2H3;/q-1;+1. The van der Waals surface area contributed by atoms with Crippen LogP contribution in [0, 0.1) is 12.7 Å². The molecule has 0 radical (unpaired) electrons. The molecule has 2 nitrogen and oxygen atoms in total. The second-order valence-electron chi connectivity index (χ2n) is 2.61. The van der Waals surface area contributed by atoms with Crippen LogP contribution in [0.3, 0.4) is 0 Å². The largest absolute Gasteiger partial charge is 1.00 e. The molecular weight excluding hydrogens is 176 g/mol. The summed E-state index contributed by atoms with van der Waals surface area (Å²) in [6, 6.07) is 2.67. The Kier molecular flexibility index (Phi) is 5.37. The summed E-state index contributed by atoms with van der Waals surface area (Å²) in [5, 5.41) is 0. The van der Waals surface area contributed by atoms with Gasteiger partial charge < -0.3 is 4.79 Å². The van der Waals surface area contributed by atoms with E-state index in [2.05, 4.69) is 4.99 Å². The molecule has 0 bridgehead atoms. The normalized spacial score (nSPS) is 9.93. The van der Waals surface area contributed by atoms with Crippen LogP contribution in [-0.4, -0.2) is 12.5 Å². The van der Waals surface area contributed by atoms with Gasteiger partial charge >= 0.3 is 18.9 Å². The molecule has 1 rings (SSSR count). The van der Waals surface area contributed by atoms with Crippen molar-refractivity contribution in [2.45, 2.75) is 13.8 Å². The van der Waals surface area contributed by atoms with E-state index < -0.39 is 5.82 Å². The molecule has 1 aromatic rings. The van der Waals surface area contributed by atoms with Gasteiger partial charge in [-0.05, 0) is 6.92 Å². The average Bonchev–Trinajstić information content (AvgIpc) is 2.11. The molecule has 0 aliphatic rings. The van der Waals surface area contributed by atoms with Crippen molar-refractivity contribution in [3.05, 3.63) is 29.1 Å². The number of aliphatic imine (C=N–C) groups is 1. The number of aryl methyl sites for hydroxylation is 1. The van der Waals surface area contributed by atoms with Crippen molar-refractivity contribution in [1.29, 1.82) is 0 Å². The van der Waals surface area contributed by atoms with Gasteiger partial charge in [-0.15, -0.1) is 17.2 Å². The number of benzene rings is 1. The molecule has 0 amide bonds. The Morgan fingerprint density at radius 2 is 2.14 bits per heavy atom. The van der Waals surface area contributed by atoms with Gasteiger partial charge in [0.05, 0.1) is 17.8 Å². The third kappa shape index (κ3) is 2.80. The molecule has 0 unspecified atom stereocenters. The van der Waals surface area contributed by atoms with E-state index in [-0.39, 0.29) is 30.1 Å². The van der Waals surface area contributed by atoms with Crippen molar-refractivity contribution in [2.24, 2.45) is 4.99 Å². The van der Waals surface area contributed by atoms with E-state index in [1.165, 1.54) is 12.3 Å². The van der Waals surface area contributed by atoms with Gasteiger partial charge in [0.2, 0.25) is 0 Å². The second-order valence-corrected chi connectivity index (χ2v) is 2.61. The van der Waals surface area contributed by atoms with E-state index in [0.717, 1.165) is 6.07 Å². The van der Waals surface area contributed by atoms with Gasteiger partial charge in [0.1, 0.15) is 0 Å². The summed E-state index contributed by atoms with van der Waals surface area (Å²) in [4.78, 5) is 14.1. The molecule has 14 heavy (non-hydrogen) atoms. The van der Waals surface area contributed by atoms with Gasteiger partial charge in [-0.3, -0.25) is 4.99 Å². The Bertz CT molecular complexity index is 363. The monoisotopic (exact) mass is 185 g/mol. The first-order chi connectivity index (χ1) is 6.19. The number of rotatable bonds is 2. The van der Waals surface area contributed by atoms with Crippen LogP contribution in [0.2, 0.25) is 0 Å². The molecular formula is C10H9FLiNO. The first-order valence-electron chi connectivity index (χ1n) is 3.86. The molecule has 0 spiro atoms. The Labute approximate surface area is 94.4 Å². The molecule has 0 aromatic heterocycles. The van der Waals surface area contributed by atoms with Crippen molar-refractivity contribution in [3.63, 3.8) is 0 Å². The van der Waals surface area contributed by atoms with Crippen LogP contribution < -0.4 is 18.9 Å². The average molecular weight is 185 g/mol. The summed E-state index contributed by atoms with van der Waals surface area (Å²) in [5.74, 6) is -0.498. The van der Waals surface area contributed by atoms with E-state index in [1.54, 1.807) is 20.1 Å². The molecule has 0 fully saturated rings. The Hall–Kier alpha value is -0.913. The smallest absolute Gasteiger partial charge is 0.376 e. The van der Waals surface area contributed by atoms with Gasteiger partial charge in [0, 0.05) is 6.21 Å². The molecule has 0 heterocycles. The van der Waals surface area contributed by atoms with Crippen LogP contribution in [0.4, 0.5) is 10.1 Å². The topological polar surface area (TPSA) is 29.4 Å².